The first-order valence-electron chi connectivity index (χ1n) is 19.1. The molecule has 0 radical (unpaired) electrons. The van der Waals surface area contributed by atoms with Gasteiger partial charge < -0.3 is 20.1 Å². The molecule has 0 heterocycles. The second-order valence-electron chi connectivity index (χ2n) is 12.4. The van der Waals surface area contributed by atoms with Crippen molar-refractivity contribution in [1.82, 2.24) is 0 Å². The summed E-state index contributed by atoms with van der Waals surface area (Å²) >= 11 is 0. The number of nitrogens with two attached hydrogens (primary N) is 1. The highest BCUT2D eigenvalue weighted by molar-refractivity contribution is 7.47. The maximum atomic E-state index is 12.5. The lowest BCUT2D eigenvalue weighted by atomic mass is 10.1. The number of carbonyl (C=O) groups is 2. The third-order valence-corrected chi connectivity index (χ3v) is 8.67. The standard InChI is InChI=1S/C39H70NO8P/c1-3-5-7-9-11-13-15-16-17-18-19-20-22-23-25-27-29-31-38(41)45-35-37(36-47-49(43,44)46-34-33-40)48-39(42)32-30-28-26-24-21-14-12-10-8-6-4-2/h10-13,16-17,19-20,37H,3-9,14-15,18,21-36,40H2,1-2H3,(H,43,44). The molecule has 9 nitrogen and oxygen atoms in total. The van der Waals surface area contributed by atoms with E-state index in [1.54, 1.807) is 0 Å². The number of phosphoric ester groups is 1. The summed E-state index contributed by atoms with van der Waals surface area (Å²) in [6.45, 7) is 3.60. The van der Waals surface area contributed by atoms with Gasteiger partial charge in [0.2, 0.25) is 0 Å². The normalized spacial score (nSPS) is 14.0. The van der Waals surface area contributed by atoms with Gasteiger partial charge in [0.25, 0.3) is 0 Å². The van der Waals surface area contributed by atoms with Crippen molar-refractivity contribution >= 4 is 19.8 Å². The molecule has 0 spiro atoms. The molecule has 2 unspecified atom stereocenters. The maximum Gasteiger partial charge on any atom is 0.472 e. The first kappa shape index (κ1) is 47.0. The first-order valence-corrected chi connectivity index (χ1v) is 20.6. The van der Waals surface area contributed by atoms with Gasteiger partial charge in [-0.2, -0.15) is 0 Å². The highest BCUT2D eigenvalue weighted by Gasteiger charge is 2.25. The van der Waals surface area contributed by atoms with Crippen LogP contribution in [0.25, 0.3) is 0 Å². The van der Waals surface area contributed by atoms with Crippen molar-refractivity contribution in [1.29, 1.82) is 0 Å². The molecule has 49 heavy (non-hydrogen) atoms. The summed E-state index contributed by atoms with van der Waals surface area (Å²) in [4.78, 5) is 34.7. The van der Waals surface area contributed by atoms with Crippen LogP contribution in [0.15, 0.2) is 48.6 Å². The third-order valence-electron chi connectivity index (χ3n) is 7.69. The Morgan fingerprint density at radius 2 is 1.08 bits per heavy atom. The van der Waals surface area contributed by atoms with Crippen LogP contribution < -0.4 is 5.73 Å². The van der Waals surface area contributed by atoms with Gasteiger partial charge in [-0.25, -0.2) is 4.57 Å². The molecular weight excluding hydrogens is 641 g/mol. The Bertz CT molecular complexity index is 949. The van der Waals surface area contributed by atoms with Crippen LogP contribution in [0.2, 0.25) is 0 Å². The fourth-order valence-corrected chi connectivity index (χ4v) is 5.56. The van der Waals surface area contributed by atoms with E-state index < -0.39 is 32.5 Å². The van der Waals surface area contributed by atoms with Gasteiger partial charge in [0.05, 0.1) is 13.2 Å². The van der Waals surface area contributed by atoms with E-state index in [0.717, 1.165) is 77.0 Å². The highest BCUT2D eigenvalue weighted by atomic mass is 31.2. The van der Waals surface area contributed by atoms with Gasteiger partial charge in [-0.05, 0) is 70.6 Å². The molecule has 0 bridgehead atoms. The van der Waals surface area contributed by atoms with Crippen LogP contribution in [0, 0.1) is 0 Å². The van der Waals surface area contributed by atoms with Gasteiger partial charge in [-0.1, -0.05) is 120 Å². The molecule has 0 aliphatic rings. The summed E-state index contributed by atoms with van der Waals surface area (Å²) < 4.78 is 32.6. The minimum atomic E-state index is -4.38. The predicted octanol–water partition coefficient (Wildman–Crippen LogP) is 10.4. The molecule has 0 amide bonds. The van der Waals surface area contributed by atoms with Crippen molar-refractivity contribution in [3.63, 3.8) is 0 Å². The van der Waals surface area contributed by atoms with Crippen molar-refractivity contribution in [3.05, 3.63) is 48.6 Å². The third kappa shape index (κ3) is 35.6. The molecule has 0 rings (SSSR count). The van der Waals surface area contributed by atoms with E-state index in [9.17, 15) is 19.0 Å². The smallest absolute Gasteiger partial charge is 0.462 e. The molecule has 0 aliphatic carbocycles. The van der Waals surface area contributed by atoms with E-state index in [1.165, 1.54) is 38.5 Å². The highest BCUT2D eigenvalue weighted by Crippen LogP contribution is 2.43. The molecule has 3 N–H and O–H groups in total. The number of carbonyl (C=O) groups excluding carboxylic acids is 2. The topological polar surface area (TPSA) is 134 Å². The minimum Gasteiger partial charge on any atom is -0.462 e. The van der Waals surface area contributed by atoms with E-state index in [4.69, 9.17) is 24.3 Å². The summed E-state index contributed by atoms with van der Waals surface area (Å²) in [6.07, 6.45) is 38.5. The Hall–Kier alpha value is -2.03. The molecule has 0 saturated carbocycles. The van der Waals surface area contributed by atoms with Crippen LogP contribution in [0.4, 0.5) is 0 Å². The SMILES string of the molecule is CCCCC=CCCCCCCCC(=O)OC(COC(=O)CCCCCCC=CCC=CCC=CCCCCC)COP(=O)(O)OCCN. The Balaban J connectivity index is 4.26. The number of ether oxygens (including phenoxy) is 2. The van der Waals surface area contributed by atoms with Gasteiger partial charge in [0.15, 0.2) is 6.10 Å². The van der Waals surface area contributed by atoms with Crippen LogP contribution in [0.3, 0.4) is 0 Å². The van der Waals surface area contributed by atoms with E-state index >= 15 is 0 Å². The van der Waals surface area contributed by atoms with Crippen LogP contribution >= 0.6 is 7.82 Å². The number of allylic oxidation sites excluding steroid dienone is 8. The Morgan fingerprint density at radius 3 is 1.65 bits per heavy atom. The molecule has 10 heteroatoms. The van der Waals surface area contributed by atoms with Gasteiger partial charge in [-0.15, -0.1) is 0 Å². The Labute approximate surface area is 298 Å². The summed E-state index contributed by atoms with van der Waals surface area (Å²) in [7, 11) is -4.38. The van der Waals surface area contributed by atoms with E-state index in [2.05, 4.69) is 62.5 Å². The zero-order chi connectivity index (χ0) is 36.1. The summed E-state index contributed by atoms with van der Waals surface area (Å²) in [6, 6.07) is 0. The number of phosphoric acid groups is 1. The number of esters is 2. The van der Waals surface area contributed by atoms with Gasteiger partial charge >= 0.3 is 19.8 Å². The van der Waals surface area contributed by atoms with Gasteiger partial charge in [0, 0.05) is 19.4 Å². The van der Waals surface area contributed by atoms with E-state index in [0.29, 0.717) is 12.8 Å². The van der Waals surface area contributed by atoms with Crippen LogP contribution in [-0.4, -0.2) is 49.3 Å². The maximum absolute atomic E-state index is 12.5. The number of rotatable bonds is 35. The quantitative estimate of drug-likeness (QED) is 0.0285. The van der Waals surface area contributed by atoms with Crippen LogP contribution in [-0.2, 0) is 32.7 Å². The minimum absolute atomic E-state index is 0.0471. The largest absolute Gasteiger partial charge is 0.472 e. The lowest BCUT2D eigenvalue weighted by molar-refractivity contribution is -0.161. The zero-order valence-electron chi connectivity index (χ0n) is 30.9. The van der Waals surface area contributed by atoms with Crippen molar-refractivity contribution in [2.24, 2.45) is 5.73 Å². The average molecular weight is 712 g/mol. The summed E-state index contributed by atoms with van der Waals surface area (Å²) in [5, 5.41) is 0. The molecule has 0 aliphatic heterocycles. The first-order chi connectivity index (χ1) is 23.8. The molecule has 0 fully saturated rings. The molecule has 0 saturated heterocycles. The second-order valence-corrected chi connectivity index (χ2v) is 13.9. The molecule has 2 atom stereocenters. The molecular formula is C39H70NO8P. The predicted molar refractivity (Wildman–Crippen MR) is 201 cm³/mol. The molecule has 284 valence electrons. The average Bonchev–Trinajstić information content (AvgIpc) is 3.08. The molecule has 0 aromatic carbocycles. The van der Waals surface area contributed by atoms with Crippen molar-refractivity contribution < 1.29 is 37.6 Å². The number of hydrogen-bond donors (Lipinski definition) is 2. The van der Waals surface area contributed by atoms with Crippen molar-refractivity contribution in [2.45, 2.75) is 161 Å². The number of hydrogen-bond acceptors (Lipinski definition) is 8. The Morgan fingerprint density at radius 1 is 0.612 bits per heavy atom. The van der Waals surface area contributed by atoms with Crippen molar-refractivity contribution in [3.8, 4) is 0 Å². The fourth-order valence-electron chi connectivity index (χ4n) is 4.80. The lowest BCUT2D eigenvalue weighted by Crippen LogP contribution is -2.29. The van der Waals surface area contributed by atoms with Crippen molar-refractivity contribution in [2.75, 3.05) is 26.4 Å². The molecule has 0 aromatic rings. The summed E-state index contributed by atoms with van der Waals surface area (Å²) in [5.74, 6) is -0.871. The monoisotopic (exact) mass is 711 g/mol. The second kappa shape index (κ2) is 35.8. The summed E-state index contributed by atoms with van der Waals surface area (Å²) in [5.41, 5.74) is 5.32. The van der Waals surface area contributed by atoms with Crippen LogP contribution in [0.5, 0.6) is 0 Å². The molecule has 0 aromatic heterocycles. The Kier molecular flexibility index (Phi) is 34.3. The number of unbranched alkanes of at least 4 members (excludes halogenated alkanes) is 14. The van der Waals surface area contributed by atoms with Crippen LogP contribution in [0.1, 0.15) is 155 Å². The lowest BCUT2D eigenvalue weighted by Gasteiger charge is -2.19. The fraction of sp³-hybridized carbons (Fsp3) is 0.744. The zero-order valence-corrected chi connectivity index (χ0v) is 31.8. The van der Waals surface area contributed by atoms with Gasteiger partial charge in [0.1, 0.15) is 6.61 Å². The van der Waals surface area contributed by atoms with E-state index in [-0.39, 0.29) is 32.6 Å². The van der Waals surface area contributed by atoms with E-state index in [1.807, 2.05) is 0 Å². The van der Waals surface area contributed by atoms with Gasteiger partial charge in [-0.3, -0.25) is 18.6 Å².